The first kappa shape index (κ1) is 14.1. The zero-order valence-electron chi connectivity index (χ0n) is 11.6. The van der Waals surface area contributed by atoms with E-state index in [2.05, 4.69) is 22.3 Å². The van der Waals surface area contributed by atoms with E-state index in [0.29, 0.717) is 24.9 Å². The number of thioether (sulfide) groups is 1. The van der Waals surface area contributed by atoms with E-state index in [1.165, 1.54) is 22.9 Å². The highest BCUT2D eigenvalue weighted by molar-refractivity contribution is 7.99. The molecule has 0 radical (unpaired) electrons. The molecule has 0 saturated carbocycles. The summed E-state index contributed by atoms with van der Waals surface area (Å²) in [5, 5.41) is 17.7. The van der Waals surface area contributed by atoms with Crippen LogP contribution in [0, 0.1) is 0 Å². The van der Waals surface area contributed by atoms with Crippen molar-refractivity contribution in [2.24, 2.45) is 0 Å². The van der Waals surface area contributed by atoms with Crippen LogP contribution in [0.5, 0.6) is 0 Å². The quantitative estimate of drug-likeness (QED) is 0.853. The van der Waals surface area contributed by atoms with E-state index < -0.39 is 5.97 Å². The van der Waals surface area contributed by atoms with Crippen molar-refractivity contribution in [3.63, 3.8) is 0 Å². The number of rotatable bonds is 5. The molecule has 0 fully saturated rings. The fraction of sp³-hybridized carbons (Fsp3) is 0.357. The number of carbonyl (C=O) groups is 1. The van der Waals surface area contributed by atoms with Gasteiger partial charge >= 0.3 is 5.97 Å². The first-order valence-electron chi connectivity index (χ1n) is 6.66. The molecule has 7 heteroatoms. The van der Waals surface area contributed by atoms with Gasteiger partial charge < -0.3 is 14.4 Å². The van der Waals surface area contributed by atoms with Gasteiger partial charge in [0.15, 0.2) is 11.0 Å². The van der Waals surface area contributed by atoms with Gasteiger partial charge in [0.25, 0.3) is 0 Å². The first-order chi connectivity index (χ1) is 10.2. The summed E-state index contributed by atoms with van der Waals surface area (Å²) in [6.45, 7) is 3.98. The molecule has 0 spiro atoms. The maximum atomic E-state index is 10.7. The van der Waals surface area contributed by atoms with Gasteiger partial charge in [-0.15, -0.1) is 10.2 Å². The Balaban J connectivity index is 1.93. The van der Waals surface area contributed by atoms with E-state index in [1.54, 1.807) is 0 Å². The summed E-state index contributed by atoms with van der Waals surface area (Å²) in [4.78, 5) is 10.7. The lowest BCUT2D eigenvalue weighted by Gasteiger charge is -2.07. The van der Waals surface area contributed by atoms with Gasteiger partial charge in [0, 0.05) is 12.1 Å². The highest BCUT2D eigenvalue weighted by Gasteiger charge is 2.17. The van der Waals surface area contributed by atoms with E-state index in [-0.39, 0.29) is 5.75 Å². The van der Waals surface area contributed by atoms with E-state index in [4.69, 9.17) is 9.84 Å². The molecule has 0 bridgehead atoms. The topological polar surface area (TPSA) is 77.2 Å². The number of hydrogen-bond acceptors (Lipinski definition) is 5. The van der Waals surface area contributed by atoms with E-state index in [0.717, 1.165) is 11.4 Å². The second kappa shape index (κ2) is 5.87. The Bertz CT molecular complexity index is 684. The summed E-state index contributed by atoms with van der Waals surface area (Å²) in [6, 6.07) is 6.13. The first-order valence-corrected chi connectivity index (χ1v) is 7.65. The molecule has 0 aliphatic carbocycles. The van der Waals surface area contributed by atoms with Crippen LogP contribution in [0.1, 0.15) is 18.1 Å². The van der Waals surface area contributed by atoms with Crippen molar-refractivity contribution in [2.45, 2.75) is 31.8 Å². The molecule has 3 rings (SSSR count). The minimum atomic E-state index is -0.859. The lowest BCUT2D eigenvalue weighted by atomic mass is 10.1. The molecular weight excluding hydrogens is 290 g/mol. The van der Waals surface area contributed by atoms with Crippen LogP contribution < -0.4 is 0 Å². The second-order valence-electron chi connectivity index (χ2n) is 4.71. The van der Waals surface area contributed by atoms with Crippen molar-refractivity contribution in [1.82, 2.24) is 14.8 Å². The third-order valence-corrected chi connectivity index (χ3v) is 4.29. The monoisotopic (exact) mass is 305 g/mol. The zero-order valence-corrected chi connectivity index (χ0v) is 12.4. The van der Waals surface area contributed by atoms with Crippen molar-refractivity contribution < 1.29 is 14.6 Å². The maximum Gasteiger partial charge on any atom is 0.313 e. The lowest BCUT2D eigenvalue weighted by molar-refractivity contribution is -0.133. The standard InChI is InChI=1S/C14H15N3O3S/c1-2-17-13(15-16-14(17)21-8-12(18)19)9-3-4-10-6-20-7-11(10)5-9/h3-5H,2,6-8H2,1H3,(H,18,19). The average Bonchev–Trinajstić information content (AvgIpc) is 3.10. The summed E-state index contributed by atoms with van der Waals surface area (Å²) in [5.41, 5.74) is 3.37. The number of hydrogen-bond donors (Lipinski definition) is 1. The van der Waals surface area contributed by atoms with Gasteiger partial charge in [-0.25, -0.2) is 0 Å². The molecule has 2 heterocycles. The number of fused-ring (bicyclic) bond motifs is 1. The summed E-state index contributed by atoms with van der Waals surface area (Å²) in [5.74, 6) is -0.113. The highest BCUT2D eigenvalue weighted by atomic mass is 32.2. The van der Waals surface area contributed by atoms with Gasteiger partial charge in [0.2, 0.25) is 0 Å². The molecule has 0 saturated heterocycles. The van der Waals surface area contributed by atoms with Gasteiger partial charge in [-0.3, -0.25) is 4.79 Å². The average molecular weight is 305 g/mol. The largest absolute Gasteiger partial charge is 0.481 e. The van der Waals surface area contributed by atoms with Crippen molar-refractivity contribution in [3.8, 4) is 11.4 Å². The summed E-state index contributed by atoms with van der Waals surface area (Å²) in [6.07, 6.45) is 0. The van der Waals surface area contributed by atoms with Crippen molar-refractivity contribution in [3.05, 3.63) is 29.3 Å². The molecule has 6 nitrogen and oxygen atoms in total. The Morgan fingerprint density at radius 2 is 2.19 bits per heavy atom. The molecule has 2 aromatic rings. The van der Waals surface area contributed by atoms with Crippen LogP contribution in [-0.2, 0) is 29.3 Å². The number of carboxylic acid groups (broad SMARTS) is 1. The van der Waals surface area contributed by atoms with E-state index >= 15 is 0 Å². The molecule has 21 heavy (non-hydrogen) atoms. The zero-order chi connectivity index (χ0) is 14.8. The molecule has 1 aromatic carbocycles. The Hall–Kier alpha value is -1.86. The summed E-state index contributed by atoms with van der Waals surface area (Å²) < 4.78 is 7.36. The molecule has 0 amide bonds. The Kier molecular flexibility index (Phi) is 3.94. The molecule has 110 valence electrons. The van der Waals surface area contributed by atoms with E-state index in [9.17, 15) is 4.79 Å². The molecular formula is C14H15N3O3S. The number of ether oxygens (including phenoxy) is 1. The molecule has 1 N–H and O–H groups in total. The number of nitrogens with zero attached hydrogens (tertiary/aromatic N) is 3. The minimum absolute atomic E-state index is 0.0177. The third kappa shape index (κ3) is 2.79. The van der Waals surface area contributed by atoms with Crippen molar-refractivity contribution in [2.75, 3.05) is 5.75 Å². The summed E-state index contributed by atoms with van der Waals surface area (Å²) in [7, 11) is 0. The number of benzene rings is 1. The van der Waals surface area contributed by atoms with Crippen LogP contribution >= 0.6 is 11.8 Å². The predicted octanol–water partition coefficient (Wildman–Crippen LogP) is 2.17. The number of aliphatic carboxylic acids is 1. The van der Waals surface area contributed by atoms with Crippen LogP contribution in [0.3, 0.4) is 0 Å². The SMILES string of the molecule is CCn1c(SCC(=O)O)nnc1-c1ccc2c(c1)COC2. The predicted molar refractivity (Wildman–Crippen MR) is 78.0 cm³/mol. The van der Waals surface area contributed by atoms with Crippen molar-refractivity contribution >= 4 is 17.7 Å². The third-order valence-electron chi connectivity index (χ3n) is 3.34. The smallest absolute Gasteiger partial charge is 0.313 e. The van der Waals surface area contributed by atoms with E-state index in [1.807, 2.05) is 17.6 Å². The molecule has 1 aliphatic rings. The maximum absolute atomic E-state index is 10.7. The lowest BCUT2D eigenvalue weighted by Crippen LogP contribution is -2.03. The normalized spacial score (nSPS) is 13.4. The summed E-state index contributed by atoms with van der Waals surface area (Å²) >= 11 is 1.19. The molecule has 1 aromatic heterocycles. The minimum Gasteiger partial charge on any atom is -0.481 e. The molecule has 0 unspecified atom stereocenters. The Morgan fingerprint density at radius 1 is 1.38 bits per heavy atom. The van der Waals surface area contributed by atoms with Crippen LogP contribution in [0.2, 0.25) is 0 Å². The van der Waals surface area contributed by atoms with Crippen molar-refractivity contribution in [1.29, 1.82) is 0 Å². The van der Waals surface area contributed by atoms with Crippen LogP contribution in [-0.4, -0.2) is 31.6 Å². The number of carboxylic acids is 1. The van der Waals surface area contributed by atoms with Gasteiger partial charge in [-0.1, -0.05) is 23.9 Å². The van der Waals surface area contributed by atoms with Crippen LogP contribution in [0.25, 0.3) is 11.4 Å². The van der Waals surface area contributed by atoms with Gasteiger partial charge in [-0.2, -0.15) is 0 Å². The van der Waals surface area contributed by atoms with Gasteiger partial charge in [0.05, 0.1) is 19.0 Å². The van der Waals surface area contributed by atoms with Crippen LogP contribution in [0.15, 0.2) is 23.4 Å². The Labute approximate surface area is 126 Å². The molecule has 0 atom stereocenters. The Morgan fingerprint density at radius 3 is 2.95 bits per heavy atom. The van der Waals surface area contributed by atoms with Crippen LogP contribution in [0.4, 0.5) is 0 Å². The van der Waals surface area contributed by atoms with Gasteiger partial charge in [0.1, 0.15) is 0 Å². The highest BCUT2D eigenvalue weighted by Crippen LogP contribution is 2.28. The fourth-order valence-electron chi connectivity index (χ4n) is 2.33. The number of aromatic nitrogens is 3. The molecule has 1 aliphatic heterocycles. The fourth-order valence-corrected chi connectivity index (χ4v) is 3.05. The van der Waals surface area contributed by atoms with Gasteiger partial charge in [-0.05, 0) is 24.1 Å². The second-order valence-corrected chi connectivity index (χ2v) is 5.65.